The van der Waals surface area contributed by atoms with Crippen molar-refractivity contribution in [2.75, 3.05) is 0 Å². The van der Waals surface area contributed by atoms with Gasteiger partial charge in [-0.2, -0.15) is 0 Å². The van der Waals surface area contributed by atoms with Crippen LogP contribution in [0.15, 0.2) is 48.5 Å². The van der Waals surface area contributed by atoms with E-state index in [4.69, 9.17) is 23.2 Å². The summed E-state index contributed by atoms with van der Waals surface area (Å²) in [5, 5.41) is 9.16. The molecule has 0 saturated heterocycles. The van der Waals surface area contributed by atoms with Crippen LogP contribution in [-0.2, 0) is 0 Å². The molecule has 0 radical (unpaired) electrons. The molecule has 4 rings (SSSR count). The molecule has 0 fully saturated rings. The first-order chi connectivity index (χ1) is 9.75. The van der Waals surface area contributed by atoms with Gasteiger partial charge in [-0.15, -0.1) is 0 Å². The second-order valence-corrected chi connectivity index (χ2v) is 5.42. The first-order valence-electron chi connectivity index (χ1n) is 6.27. The normalized spacial score (nSPS) is 15.9. The molecule has 2 aliphatic heterocycles. The van der Waals surface area contributed by atoms with Gasteiger partial charge in [0.15, 0.2) is 0 Å². The molecule has 0 unspecified atom stereocenters. The maximum absolute atomic E-state index is 6.53. The lowest BCUT2D eigenvalue weighted by atomic mass is 10.2. The zero-order valence-corrected chi connectivity index (χ0v) is 11.9. The van der Waals surface area contributed by atoms with Crippen LogP contribution in [-0.4, -0.2) is 10.0 Å². The summed E-state index contributed by atoms with van der Waals surface area (Å²) >= 11 is 13.1. The smallest absolute Gasteiger partial charge is 0.136 e. The highest BCUT2D eigenvalue weighted by atomic mass is 35.5. The van der Waals surface area contributed by atoms with Crippen molar-refractivity contribution in [2.45, 2.75) is 0 Å². The summed E-state index contributed by atoms with van der Waals surface area (Å²) in [5.74, 6) is 0. The lowest BCUT2D eigenvalue weighted by molar-refractivity contribution is 0.291. The molecule has 0 aromatic heterocycles. The van der Waals surface area contributed by atoms with Crippen molar-refractivity contribution in [2.24, 2.45) is 0 Å². The van der Waals surface area contributed by atoms with Gasteiger partial charge < -0.3 is 0 Å². The molecule has 2 aromatic rings. The van der Waals surface area contributed by atoms with Gasteiger partial charge in [0.25, 0.3) is 0 Å². The van der Waals surface area contributed by atoms with E-state index in [0.29, 0.717) is 10.3 Å². The second kappa shape index (κ2) is 4.30. The second-order valence-electron chi connectivity index (χ2n) is 4.70. The number of halogens is 2. The molecule has 2 aromatic carbocycles. The molecule has 2 aliphatic rings. The topological polar surface area (TPSA) is 6.48 Å². The van der Waals surface area contributed by atoms with Crippen LogP contribution in [0.25, 0.3) is 22.7 Å². The minimum Gasteiger partial charge on any atom is -0.243 e. The molecule has 0 N–H and O–H groups in total. The molecule has 2 nitrogen and oxygen atoms in total. The summed E-state index contributed by atoms with van der Waals surface area (Å²) in [5.41, 5.74) is 0. The van der Waals surface area contributed by atoms with Gasteiger partial charge in [-0.05, 0) is 0 Å². The molecule has 0 aliphatic carbocycles. The SMILES string of the molecule is ClC1=c2ccccc2=CN2C(Cl)=c3ccccc3=CN12. The van der Waals surface area contributed by atoms with Crippen LogP contribution in [0.2, 0.25) is 0 Å². The van der Waals surface area contributed by atoms with Gasteiger partial charge in [0.1, 0.15) is 10.3 Å². The molecule has 0 bridgehead atoms. The van der Waals surface area contributed by atoms with Crippen molar-refractivity contribution in [3.63, 3.8) is 0 Å². The van der Waals surface area contributed by atoms with Crippen LogP contribution < -0.4 is 20.9 Å². The van der Waals surface area contributed by atoms with E-state index < -0.39 is 0 Å². The van der Waals surface area contributed by atoms with Gasteiger partial charge in [0.2, 0.25) is 0 Å². The van der Waals surface area contributed by atoms with Crippen molar-refractivity contribution in [3.05, 3.63) is 69.4 Å². The predicted molar refractivity (Wildman–Crippen MR) is 82.5 cm³/mol. The molecule has 0 atom stereocenters. The number of hydrogen-bond acceptors (Lipinski definition) is 2. The largest absolute Gasteiger partial charge is 0.243 e. The number of hydrazine groups is 1. The summed E-state index contributed by atoms with van der Waals surface area (Å²) in [7, 11) is 0. The Labute approximate surface area is 125 Å². The Morgan fingerprint density at radius 3 is 1.45 bits per heavy atom. The molecule has 98 valence electrons. The maximum Gasteiger partial charge on any atom is 0.136 e. The minimum absolute atomic E-state index is 0.649. The van der Waals surface area contributed by atoms with E-state index in [9.17, 15) is 0 Å². The van der Waals surface area contributed by atoms with Crippen LogP contribution in [0.3, 0.4) is 0 Å². The van der Waals surface area contributed by atoms with Crippen LogP contribution >= 0.6 is 23.2 Å². The van der Waals surface area contributed by atoms with Crippen molar-refractivity contribution in [3.8, 4) is 0 Å². The van der Waals surface area contributed by atoms with Crippen LogP contribution in [0, 0.1) is 0 Å². The lowest BCUT2D eigenvalue weighted by Gasteiger charge is -2.36. The van der Waals surface area contributed by atoms with Gasteiger partial charge >= 0.3 is 0 Å². The van der Waals surface area contributed by atoms with E-state index in [2.05, 4.69) is 0 Å². The molecular weight excluding hydrogens is 291 g/mol. The Balaban J connectivity index is 2.11. The van der Waals surface area contributed by atoms with Gasteiger partial charge in [0.05, 0.1) is 0 Å². The monoisotopic (exact) mass is 300 g/mol. The fourth-order valence-corrected chi connectivity index (χ4v) is 3.14. The van der Waals surface area contributed by atoms with Crippen LogP contribution in [0.1, 0.15) is 0 Å². The van der Waals surface area contributed by atoms with Gasteiger partial charge in [-0.1, -0.05) is 71.7 Å². The Morgan fingerprint density at radius 2 is 1.00 bits per heavy atom. The fraction of sp³-hybridized carbons (Fsp3) is 0. The number of hydrogen-bond donors (Lipinski definition) is 0. The highest BCUT2D eigenvalue weighted by Gasteiger charge is 2.22. The average Bonchev–Trinajstić information content (AvgIpc) is 2.49. The molecular formula is C16H10Cl2N2. The fourth-order valence-electron chi connectivity index (χ4n) is 2.53. The van der Waals surface area contributed by atoms with Crippen molar-refractivity contribution < 1.29 is 0 Å². The summed E-state index contributed by atoms with van der Waals surface area (Å²) in [6.07, 6.45) is 3.99. The average molecular weight is 301 g/mol. The van der Waals surface area contributed by atoms with Crippen LogP contribution in [0.4, 0.5) is 0 Å². The number of benzene rings is 2. The third-order valence-electron chi connectivity index (χ3n) is 3.52. The number of rotatable bonds is 0. The predicted octanol–water partition coefficient (Wildman–Crippen LogP) is 1.02. The van der Waals surface area contributed by atoms with Crippen molar-refractivity contribution in [1.82, 2.24) is 10.0 Å². The standard InChI is InChI=1S/C16H10Cl2N2/c17-15-13-7-3-1-5-11(13)9-19-16(18)14-8-4-2-6-12(14)10-20(15)19/h1-10H. The van der Waals surface area contributed by atoms with Gasteiger partial charge in [-0.3, -0.25) is 0 Å². The van der Waals surface area contributed by atoms with Gasteiger partial charge in [0, 0.05) is 33.3 Å². The summed E-state index contributed by atoms with van der Waals surface area (Å²) in [4.78, 5) is 0. The zero-order valence-electron chi connectivity index (χ0n) is 10.4. The van der Waals surface area contributed by atoms with E-state index in [0.717, 1.165) is 20.9 Å². The molecule has 0 amide bonds. The highest BCUT2D eigenvalue weighted by molar-refractivity contribution is 6.47. The number of fused-ring (bicyclic) bond motifs is 3. The van der Waals surface area contributed by atoms with E-state index >= 15 is 0 Å². The van der Waals surface area contributed by atoms with E-state index in [1.807, 2.05) is 70.9 Å². The first-order valence-corrected chi connectivity index (χ1v) is 7.03. The van der Waals surface area contributed by atoms with Crippen molar-refractivity contribution in [1.29, 1.82) is 0 Å². The zero-order chi connectivity index (χ0) is 13.7. The Bertz CT molecular complexity index is 867. The Kier molecular flexibility index (Phi) is 2.56. The van der Waals surface area contributed by atoms with E-state index in [-0.39, 0.29) is 0 Å². The van der Waals surface area contributed by atoms with Gasteiger partial charge in [-0.25, -0.2) is 10.0 Å². The quantitative estimate of drug-likeness (QED) is 0.670. The Hall–Kier alpha value is -1.90. The molecule has 0 spiro atoms. The van der Waals surface area contributed by atoms with Crippen molar-refractivity contribution >= 4 is 45.9 Å². The first kappa shape index (κ1) is 11.9. The Morgan fingerprint density at radius 1 is 0.600 bits per heavy atom. The van der Waals surface area contributed by atoms with Crippen LogP contribution in [0.5, 0.6) is 0 Å². The maximum atomic E-state index is 6.53. The third-order valence-corrected chi connectivity index (χ3v) is 4.28. The lowest BCUT2D eigenvalue weighted by Crippen LogP contribution is -2.49. The van der Waals surface area contributed by atoms with E-state index in [1.165, 1.54) is 0 Å². The summed E-state index contributed by atoms with van der Waals surface area (Å²) in [6.45, 7) is 0. The minimum atomic E-state index is 0.649. The molecule has 0 saturated carbocycles. The highest BCUT2D eigenvalue weighted by Crippen LogP contribution is 2.24. The molecule has 2 heterocycles. The molecule has 4 heteroatoms. The third kappa shape index (κ3) is 1.59. The summed E-state index contributed by atoms with van der Waals surface area (Å²) in [6, 6.07) is 16.0. The number of nitrogens with zero attached hydrogens (tertiary/aromatic N) is 2. The summed E-state index contributed by atoms with van der Waals surface area (Å²) < 4.78 is 0. The molecule has 20 heavy (non-hydrogen) atoms. The van der Waals surface area contributed by atoms with E-state index in [1.54, 1.807) is 0 Å².